The molecule has 0 fully saturated rings. The maximum absolute atomic E-state index is 12.6. The van der Waals surface area contributed by atoms with Gasteiger partial charge in [-0.15, -0.1) is 11.3 Å². The van der Waals surface area contributed by atoms with Crippen LogP contribution in [0.25, 0.3) is 10.1 Å². The average molecular weight is 288 g/mol. The molecule has 4 heteroatoms. The molecule has 1 amide bonds. The molecule has 0 spiro atoms. The summed E-state index contributed by atoms with van der Waals surface area (Å²) in [5, 5.41) is 0.977. The molecular weight excluding hydrogens is 268 g/mol. The molecule has 20 heavy (non-hydrogen) atoms. The predicted octanol–water partition coefficient (Wildman–Crippen LogP) is 3.83. The predicted molar refractivity (Wildman–Crippen MR) is 87.4 cm³/mol. The Labute approximate surface area is 123 Å². The van der Waals surface area contributed by atoms with Crippen molar-refractivity contribution in [3.05, 3.63) is 40.8 Å². The van der Waals surface area contributed by atoms with Crippen LogP contribution in [0.3, 0.4) is 0 Å². The second-order valence-electron chi connectivity index (χ2n) is 5.12. The molecule has 106 valence electrons. The van der Waals surface area contributed by atoms with Gasteiger partial charge in [-0.2, -0.15) is 0 Å². The molecule has 3 nitrogen and oxygen atoms in total. The monoisotopic (exact) mass is 288 g/mol. The minimum atomic E-state index is -0.00754. The lowest BCUT2D eigenvalue weighted by molar-refractivity contribution is 0.0784. The number of likely N-dealkylation sites (N-methyl/N-ethyl adjacent to an activating group) is 1. The molecule has 0 aliphatic heterocycles. The van der Waals surface area contributed by atoms with Crippen LogP contribution < -0.4 is 5.73 Å². The normalized spacial score (nSPS) is 10.8. The fraction of sp³-hybridized carbons (Fsp3) is 0.312. The number of hydrogen-bond acceptors (Lipinski definition) is 3. The first-order chi connectivity index (χ1) is 9.43. The number of carbonyl (C=O) groups is 1. The standard InChI is InChI=1S/C16H20N2OS/c1-5-18(9-10(2)3)16(19)15-14(17)12-8-11(4)6-7-13(12)20-15/h6-8H,2,5,9,17H2,1,3-4H3. The lowest BCUT2D eigenvalue weighted by Crippen LogP contribution is -2.32. The fourth-order valence-electron chi connectivity index (χ4n) is 2.19. The molecule has 0 radical (unpaired) electrons. The summed E-state index contributed by atoms with van der Waals surface area (Å²) in [6, 6.07) is 6.10. The summed E-state index contributed by atoms with van der Waals surface area (Å²) in [6.45, 7) is 11.0. The van der Waals surface area contributed by atoms with Gasteiger partial charge in [-0.25, -0.2) is 0 Å². The van der Waals surface area contributed by atoms with Crippen molar-refractivity contribution in [1.29, 1.82) is 0 Å². The number of rotatable bonds is 4. The largest absolute Gasteiger partial charge is 0.397 e. The van der Waals surface area contributed by atoms with Crippen LogP contribution in [0.15, 0.2) is 30.4 Å². The lowest BCUT2D eigenvalue weighted by Gasteiger charge is -2.20. The fourth-order valence-corrected chi connectivity index (χ4v) is 3.26. The molecule has 0 aliphatic carbocycles. The van der Waals surface area contributed by atoms with E-state index in [9.17, 15) is 4.79 Å². The summed E-state index contributed by atoms with van der Waals surface area (Å²) in [7, 11) is 0. The number of hydrogen-bond donors (Lipinski definition) is 1. The summed E-state index contributed by atoms with van der Waals surface area (Å²) in [5.41, 5.74) is 8.89. The Kier molecular flexibility index (Phi) is 4.14. The molecule has 2 aromatic rings. The van der Waals surface area contributed by atoms with Crippen molar-refractivity contribution in [2.45, 2.75) is 20.8 Å². The van der Waals surface area contributed by atoms with Gasteiger partial charge >= 0.3 is 0 Å². The molecule has 0 atom stereocenters. The van der Waals surface area contributed by atoms with E-state index < -0.39 is 0 Å². The molecule has 1 aromatic carbocycles. The SMILES string of the molecule is C=C(C)CN(CC)C(=O)c1sc2ccc(C)cc2c1N. The van der Waals surface area contributed by atoms with Crippen LogP contribution in [0.2, 0.25) is 0 Å². The van der Waals surface area contributed by atoms with E-state index in [1.165, 1.54) is 11.3 Å². The molecular formula is C16H20N2OS. The Balaban J connectivity index is 2.44. The van der Waals surface area contributed by atoms with Crippen molar-refractivity contribution >= 4 is 33.0 Å². The van der Waals surface area contributed by atoms with Crippen molar-refractivity contribution in [3.8, 4) is 0 Å². The number of anilines is 1. The van der Waals surface area contributed by atoms with Gasteiger partial charge in [-0.05, 0) is 32.9 Å². The Hall–Kier alpha value is -1.81. The van der Waals surface area contributed by atoms with E-state index in [1.807, 2.05) is 39.0 Å². The van der Waals surface area contributed by atoms with Crippen LogP contribution in [0.1, 0.15) is 29.1 Å². The zero-order valence-corrected chi connectivity index (χ0v) is 13.0. The highest BCUT2D eigenvalue weighted by atomic mass is 32.1. The van der Waals surface area contributed by atoms with Crippen molar-refractivity contribution in [3.63, 3.8) is 0 Å². The second kappa shape index (κ2) is 5.67. The molecule has 0 unspecified atom stereocenters. The van der Waals surface area contributed by atoms with Gasteiger partial charge in [0.2, 0.25) is 0 Å². The lowest BCUT2D eigenvalue weighted by atomic mass is 10.1. The number of aryl methyl sites for hydroxylation is 1. The van der Waals surface area contributed by atoms with E-state index in [0.29, 0.717) is 23.7 Å². The first-order valence-corrected chi connectivity index (χ1v) is 7.48. The first-order valence-electron chi connectivity index (χ1n) is 6.66. The maximum atomic E-state index is 12.6. The van der Waals surface area contributed by atoms with Gasteiger partial charge in [-0.1, -0.05) is 23.8 Å². The number of nitrogens with two attached hydrogens (primary N) is 1. The topological polar surface area (TPSA) is 46.3 Å². The third-order valence-electron chi connectivity index (χ3n) is 3.21. The molecule has 1 heterocycles. The maximum Gasteiger partial charge on any atom is 0.266 e. The molecule has 2 rings (SSSR count). The van der Waals surface area contributed by atoms with Crippen molar-refractivity contribution in [1.82, 2.24) is 4.90 Å². The summed E-state index contributed by atoms with van der Waals surface area (Å²) in [4.78, 5) is 15.0. The molecule has 0 aliphatic rings. The summed E-state index contributed by atoms with van der Waals surface area (Å²) in [5.74, 6) is -0.00754. The molecule has 1 aromatic heterocycles. The Morgan fingerprint density at radius 2 is 2.15 bits per heavy atom. The third-order valence-corrected chi connectivity index (χ3v) is 4.38. The minimum absolute atomic E-state index is 0.00754. The number of benzene rings is 1. The summed E-state index contributed by atoms with van der Waals surface area (Å²) in [6.07, 6.45) is 0. The number of nitrogens with zero attached hydrogens (tertiary/aromatic N) is 1. The van der Waals surface area contributed by atoms with Crippen LogP contribution in [-0.2, 0) is 0 Å². The number of fused-ring (bicyclic) bond motifs is 1. The quantitative estimate of drug-likeness (QED) is 0.869. The molecule has 0 saturated heterocycles. The summed E-state index contributed by atoms with van der Waals surface area (Å²) >= 11 is 1.47. The van der Waals surface area contributed by atoms with Crippen LogP contribution >= 0.6 is 11.3 Å². The van der Waals surface area contributed by atoms with Crippen LogP contribution in [0, 0.1) is 6.92 Å². The van der Waals surface area contributed by atoms with Gasteiger partial charge in [0.05, 0.1) is 5.69 Å². The molecule has 2 N–H and O–H groups in total. The highest BCUT2D eigenvalue weighted by molar-refractivity contribution is 7.21. The Bertz CT molecular complexity index is 672. The zero-order chi connectivity index (χ0) is 14.9. The van der Waals surface area contributed by atoms with E-state index in [0.717, 1.165) is 21.2 Å². The van der Waals surface area contributed by atoms with E-state index in [4.69, 9.17) is 5.73 Å². The smallest absolute Gasteiger partial charge is 0.266 e. The summed E-state index contributed by atoms with van der Waals surface area (Å²) < 4.78 is 1.06. The zero-order valence-electron chi connectivity index (χ0n) is 12.2. The molecule has 0 bridgehead atoms. The number of carbonyl (C=O) groups excluding carboxylic acids is 1. The van der Waals surface area contributed by atoms with Crippen molar-refractivity contribution in [2.75, 3.05) is 18.8 Å². The Morgan fingerprint density at radius 1 is 1.45 bits per heavy atom. The highest BCUT2D eigenvalue weighted by Gasteiger charge is 2.21. The van der Waals surface area contributed by atoms with Crippen molar-refractivity contribution in [2.24, 2.45) is 0 Å². The number of nitrogen functional groups attached to an aromatic ring is 1. The van der Waals surface area contributed by atoms with E-state index in [-0.39, 0.29) is 5.91 Å². The van der Waals surface area contributed by atoms with Crippen LogP contribution in [-0.4, -0.2) is 23.9 Å². The highest BCUT2D eigenvalue weighted by Crippen LogP contribution is 2.35. The van der Waals surface area contributed by atoms with E-state index in [1.54, 1.807) is 4.90 Å². The average Bonchev–Trinajstić information content (AvgIpc) is 2.72. The van der Waals surface area contributed by atoms with Gasteiger partial charge in [-0.3, -0.25) is 4.79 Å². The Morgan fingerprint density at radius 3 is 2.75 bits per heavy atom. The van der Waals surface area contributed by atoms with Gasteiger partial charge < -0.3 is 10.6 Å². The number of amides is 1. The van der Waals surface area contributed by atoms with E-state index in [2.05, 4.69) is 6.58 Å². The van der Waals surface area contributed by atoms with E-state index >= 15 is 0 Å². The second-order valence-corrected chi connectivity index (χ2v) is 6.17. The molecule has 0 saturated carbocycles. The number of thiophene rings is 1. The van der Waals surface area contributed by atoms with Crippen molar-refractivity contribution < 1.29 is 4.79 Å². The van der Waals surface area contributed by atoms with Crippen LogP contribution in [0.4, 0.5) is 5.69 Å². The first kappa shape index (κ1) is 14.6. The minimum Gasteiger partial charge on any atom is -0.397 e. The van der Waals surface area contributed by atoms with Gasteiger partial charge in [0.25, 0.3) is 5.91 Å². The third kappa shape index (κ3) is 2.70. The van der Waals surface area contributed by atoms with Gasteiger partial charge in [0.1, 0.15) is 4.88 Å². The van der Waals surface area contributed by atoms with Gasteiger partial charge in [0, 0.05) is 23.2 Å². The van der Waals surface area contributed by atoms with Crippen LogP contribution in [0.5, 0.6) is 0 Å². The van der Waals surface area contributed by atoms with Gasteiger partial charge in [0.15, 0.2) is 0 Å².